The summed E-state index contributed by atoms with van der Waals surface area (Å²) in [5.41, 5.74) is 0.546. The van der Waals surface area contributed by atoms with Gasteiger partial charge in [-0.1, -0.05) is 40.0 Å². The van der Waals surface area contributed by atoms with Gasteiger partial charge in [-0.05, 0) is 37.5 Å². The maximum Gasteiger partial charge on any atom is 0.144 e. The van der Waals surface area contributed by atoms with Gasteiger partial charge in [-0.2, -0.15) is 5.26 Å². The van der Waals surface area contributed by atoms with Gasteiger partial charge in [-0.15, -0.1) is 0 Å². The second-order valence-electron chi connectivity index (χ2n) is 8.36. The van der Waals surface area contributed by atoms with Crippen LogP contribution in [0, 0.1) is 11.3 Å². The van der Waals surface area contributed by atoms with E-state index in [1.165, 1.54) is 6.42 Å². The lowest BCUT2D eigenvalue weighted by Crippen LogP contribution is -2.55. The quantitative estimate of drug-likeness (QED) is 0.226. The van der Waals surface area contributed by atoms with Crippen molar-refractivity contribution in [2.45, 2.75) is 83.5 Å². The Morgan fingerprint density at radius 3 is 2.70 bits per heavy atom. The number of carbonyl (C=O) groups excluding carboxylic acids is 1. The fourth-order valence-corrected chi connectivity index (χ4v) is 4.08. The predicted molar refractivity (Wildman–Crippen MR) is 127 cm³/mol. The first-order chi connectivity index (χ1) is 16.0. The van der Waals surface area contributed by atoms with Gasteiger partial charge in [0.1, 0.15) is 35.8 Å². The number of nitrogens with zero attached hydrogens (tertiary/aromatic N) is 1. The minimum atomic E-state index is -0.810. The highest BCUT2D eigenvalue weighted by molar-refractivity contribution is 5.49. The lowest BCUT2D eigenvalue weighted by Gasteiger charge is -2.46. The zero-order chi connectivity index (χ0) is 24.1. The van der Waals surface area contributed by atoms with Crippen molar-refractivity contribution in [3.63, 3.8) is 0 Å². The van der Waals surface area contributed by atoms with Crippen LogP contribution in [0.1, 0.15) is 82.9 Å². The molecular formula is C26H38N2O5. The molecule has 0 saturated carbocycles. The van der Waals surface area contributed by atoms with E-state index in [-0.39, 0.29) is 6.61 Å². The van der Waals surface area contributed by atoms with Crippen molar-refractivity contribution >= 4 is 6.29 Å². The van der Waals surface area contributed by atoms with E-state index < -0.39 is 17.7 Å². The number of aliphatic hydroxyl groups is 1. The van der Waals surface area contributed by atoms with Gasteiger partial charge in [0.15, 0.2) is 0 Å². The first-order valence-corrected chi connectivity index (χ1v) is 12.1. The third-order valence-electron chi connectivity index (χ3n) is 6.19. The number of fused-ring (bicyclic) bond motifs is 1. The van der Waals surface area contributed by atoms with Crippen LogP contribution in [0.15, 0.2) is 30.2 Å². The normalized spacial score (nSPS) is 19.2. The molecule has 2 atom stereocenters. The number of aliphatic hydroxyl groups excluding tert-OH is 1. The molecule has 7 nitrogen and oxygen atoms in total. The molecule has 2 N–H and O–H groups in total. The maximum atomic E-state index is 11.3. The number of aldehydes is 1. The number of carbonyl (C=O) groups is 1. The fourth-order valence-electron chi connectivity index (χ4n) is 4.08. The van der Waals surface area contributed by atoms with Gasteiger partial charge < -0.3 is 29.4 Å². The van der Waals surface area contributed by atoms with Gasteiger partial charge >= 0.3 is 0 Å². The Kier molecular flexibility index (Phi) is 11.2. The van der Waals surface area contributed by atoms with Gasteiger partial charge in [-0.25, -0.2) is 0 Å². The van der Waals surface area contributed by atoms with Gasteiger partial charge in [-0.3, -0.25) is 0 Å². The fraction of sp³-hybridized carbons (Fsp3) is 0.615. The number of nitrogens with one attached hydrogen (secondary N) is 1. The van der Waals surface area contributed by atoms with Gasteiger partial charge in [0.05, 0.1) is 37.4 Å². The second kappa shape index (κ2) is 13.9. The number of benzene rings is 1. The average molecular weight is 459 g/mol. The van der Waals surface area contributed by atoms with Crippen LogP contribution in [0.3, 0.4) is 0 Å². The molecule has 33 heavy (non-hydrogen) atoms. The molecule has 0 radical (unpaired) electrons. The van der Waals surface area contributed by atoms with Gasteiger partial charge in [0, 0.05) is 12.0 Å². The van der Waals surface area contributed by atoms with E-state index in [4.69, 9.17) is 14.2 Å². The molecule has 0 aromatic heterocycles. The summed E-state index contributed by atoms with van der Waals surface area (Å²) in [5, 5.41) is 24.1. The van der Waals surface area contributed by atoms with Crippen LogP contribution in [-0.4, -0.2) is 42.9 Å². The average Bonchev–Trinajstić information content (AvgIpc) is 2.84. The number of hydrogen-bond acceptors (Lipinski definition) is 7. The largest absolute Gasteiger partial charge is 0.497 e. The molecule has 0 aliphatic carbocycles. The second-order valence-corrected chi connectivity index (χ2v) is 8.36. The standard InChI is InChI=1S/C26H38N2O5/c1-4-7-8-9-15-32-21(19-31-14-10-13-29)18-28-24-22-16-20(17-27)11-12-23(22)33-26(5-2,6-3)25(24)30/h11-13,16,19,24-25,28,30H,4-10,14-15,18H2,1-3H3/b21-19-. The molecule has 1 heterocycles. The van der Waals surface area contributed by atoms with E-state index in [0.29, 0.717) is 49.5 Å². The summed E-state index contributed by atoms with van der Waals surface area (Å²) >= 11 is 0. The molecular weight excluding hydrogens is 420 g/mol. The van der Waals surface area contributed by atoms with Crippen LogP contribution < -0.4 is 10.1 Å². The van der Waals surface area contributed by atoms with Crippen LogP contribution in [0.5, 0.6) is 5.75 Å². The molecule has 2 unspecified atom stereocenters. The lowest BCUT2D eigenvalue weighted by molar-refractivity contribution is -0.108. The highest BCUT2D eigenvalue weighted by Crippen LogP contribution is 2.43. The molecule has 0 bridgehead atoms. The van der Waals surface area contributed by atoms with Crippen LogP contribution >= 0.6 is 0 Å². The first kappa shape index (κ1) is 26.7. The van der Waals surface area contributed by atoms with Crippen molar-refractivity contribution in [3.8, 4) is 11.8 Å². The van der Waals surface area contributed by atoms with Crippen LogP contribution in [-0.2, 0) is 14.3 Å². The Labute approximate surface area is 197 Å². The van der Waals surface area contributed by atoms with Crippen molar-refractivity contribution < 1.29 is 24.1 Å². The zero-order valence-corrected chi connectivity index (χ0v) is 20.1. The molecule has 1 aromatic rings. The number of ether oxygens (including phenoxy) is 3. The molecule has 182 valence electrons. The van der Waals surface area contributed by atoms with E-state index in [1.54, 1.807) is 24.5 Å². The third-order valence-corrected chi connectivity index (χ3v) is 6.19. The Hall–Kier alpha value is -2.56. The lowest BCUT2D eigenvalue weighted by atomic mass is 9.80. The minimum absolute atomic E-state index is 0.287. The Balaban J connectivity index is 2.20. The monoisotopic (exact) mass is 458 g/mol. The zero-order valence-electron chi connectivity index (χ0n) is 20.1. The maximum absolute atomic E-state index is 11.3. The number of rotatable bonds is 15. The summed E-state index contributed by atoms with van der Waals surface area (Å²) in [6.45, 7) is 7.36. The molecule has 0 saturated heterocycles. The molecule has 1 aromatic carbocycles. The van der Waals surface area contributed by atoms with E-state index in [9.17, 15) is 15.2 Å². The van der Waals surface area contributed by atoms with E-state index in [1.807, 2.05) is 13.8 Å². The van der Waals surface area contributed by atoms with Gasteiger partial charge in [0.2, 0.25) is 0 Å². The molecule has 1 aliphatic rings. The minimum Gasteiger partial charge on any atom is -0.497 e. The molecule has 7 heteroatoms. The summed E-state index contributed by atoms with van der Waals surface area (Å²) < 4.78 is 17.7. The molecule has 0 spiro atoms. The Morgan fingerprint density at radius 2 is 2.03 bits per heavy atom. The van der Waals surface area contributed by atoms with Crippen LogP contribution in [0.2, 0.25) is 0 Å². The summed E-state index contributed by atoms with van der Waals surface area (Å²) in [4.78, 5) is 10.6. The highest BCUT2D eigenvalue weighted by Gasteiger charge is 2.47. The number of unbranched alkanes of at least 4 members (excludes halogenated alkanes) is 3. The summed E-state index contributed by atoms with van der Waals surface area (Å²) in [6, 6.07) is 7.02. The van der Waals surface area contributed by atoms with Gasteiger partial charge in [0.25, 0.3) is 0 Å². The summed E-state index contributed by atoms with van der Waals surface area (Å²) in [7, 11) is 0. The highest BCUT2D eigenvalue weighted by atomic mass is 16.5. The predicted octanol–water partition coefficient (Wildman–Crippen LogP) is 4.54. The van der Waals surface area contributed by atoms with E-state index in [0.717, 1.165) is 31.1 Å². The smallest absolute Gasteiger partial charge is 0.144 e. The van der Waals surface area contributed by atoms with E-state index in [2.05, 4.69) is 18.3 Å². The number of nitriles is 1. The van der Waals surface area contributed by atoms with Crippen LogP contribution in [0.25, 0.3) is 0 Å². The SMILES string of the molecule is CCCCCCO/C(=C\OCCC=O)CNC1c2cc(C#N)ccc2OC(CC)(CC)C1O. The topological polar surface area (TPSA) is 101 Å². The summed E-state index contributed by atoms with van der Waals surface area (Å²) in [6.07, 6.45) is 7.52. The van der Waals surface area contributed by atoms with Crippen molar-refractivity contribution in [1.82, 2.24) is 5.32 Å². The molecule has 0 amide bonds. The van der Waals surface area contributed by atoms with E-state index >= 15 is 0 Å². The molecule has 2 rings (SSSR count). The summed E-state index contributed by atoms with van der Waals surface area (Å²) in [5.74, 6) is 1.28. The molecule has 1 aliphatic heterocycles. The van der Waals surface area contributed by atoms with Crippen molar-refractivity contribution in [2.24, 2.45) is 0 Å². The van der Waals surface area contributed by atoms with Crippen molar-refractivity contribution in [2.75, 3.05) is 19.8 Å². The first-order valence-electron chi connectivity index (χ1n) is 12.1. The molecule has 0 fully saturated rings. The number of hydrogen-bond donors (Lipinski definition) is 2. The van der Waals surface area contributed by atoms with Crippen LogP contribution in [0.4, 0.5) is 0 Å². The Bertz CT molecular complexity index is 813. The third kappa shape index (κ3) is 7.21. The van der Waals surface area contributed by atoms with Crippen molar-refractivity contribution in [1.29, 1.82) is 5.26 Å². The Morgan fingerprint density at radius 1 is 1.24 bits per heavy atom. The van der Waals surface area contributed by atoms with Crippen molar-refractivity contribution in [3.05, 3.63) is 41.3 Å².